The van der Waals surface area contributed by atoms with E-state index in [1.54, 1.807) is 18.0 Å². The van der Waals surface area contributed by atoms with Gasteiger partial charge >= 0.3 is 5.97 Å². The second kappa shape index (κ2) is 9.57. The molecule has 0 radical (unpaired) electrons. The third kappa shape index (κ3) is 5.06. The molecule has 0 saturated carbocycles. The molecule has 0 aliphatic rings. The number of ether oxygens (including phenoxy) is 2. The molecule has 8 nitrogen and oxygen atoms in total. The monoisotopic (exact) mass is 361 g/mol. The molecule has 1 amide bonds. The zero-order chi connectivity index (χ0) is 18.9. The van der Waals surface area contributed by atoms with E-state index in [9.17, 15) is 9.59 Å². The van der Waals surface area contributed by atoms with Gasteiger partial charge in [-0.3, -0.25) is 9.59 Å². The number of benzene rings is 1. The van der Waals surface area contributed by atoms with E-state index in [0.717, 1.165) is 5.69 Å². The van der Waals surface area contributed by atoms with Gasteiger partial charge in [0.1, 0.15) is 13.2 Å². The van der Waals surface area contributed by atoms with Gasteiger partial charge in [0.15, 0.2) is 11.4 Å². The number of rotatable bonds is 10. The van der Waals surface area contributed by atoms with E-state index in [-0.39, 0.29) is 18.8 Å². The van der Waals surface area contributed by atoms with E-state index in [0.29, 0.717) is 25.3 Å². The van der Waals surface area contributed by atoms with Gasteiger partial charge in [0.25, 0.3) is 5.91 Å². The quantitative estimate of drug-likeness (QED) is 0.649. The first-order valence-electron chi connectivity index (χ1n) is 8.34. The van der Waals surface area contributed by atoms with Crippen LogP contribution in [0.1, 0.15) is 23.8 Å². The molecule has 1 N–H and O–H groups in total. The van der Waals surface area contributed by atoms with Gasteiger partial charge in [0.05, 0.1) is 18.5 Å². The van der Waals surface area contributed by atoms with Crippen molar-refractivity contribution in [2.45, 2.75) is 13.3 Å². The molecule has 0 unspecified atom stereocenters. The van der Waals surface area contributed by atoms with Gasteiger partial charge in [0, 0.05) is 13.7 Å². The molecule has 1 aromatic heterocycles. The van der Waals surface area contributed by atoms with Crippen LogP contribution in [0.15, 0.2) is 36.5 Å². The molecule has 1 aromatic carbocycles. The van der Waals surface area contributed by atoms with E-state index >= 15 is 0 Å². The van der Waals surface area contributed by atoms with Crippen LogP contribution < -0.4 is 4.74 Å². The summed E-state index contributed by atoms with van der Waals surface area (Å²) in [4.78, 5) is 25.2. The Morgan fingerprint density at radius 3 is 2.58 bits per heavy atom. The zero-order valence-electron chi connectivity index (χ0n) is 14.9. The molecule has 0 aliphatic carbocycles. The van der Waals surface area contributed by atoms with Gasteiger partial charge in [0.2, 0.25) is 0 Å². The van der Waals surface area contributed by atoms with Gasteiger partial charge in [-0.2, -0.15) is 5.10 Å². The maximum atomic E-state index is 12.8. The summed E-state index contributed by atoms with van der Waals surface area (Å²) < 4.78 is 12.1. The fraction of sp³-hybridized carbons (Fsp3) is 0.389. The van der Waals surface area contributed by atoms with Crippen molar-refractivity contribution < 1.29 is 24.2 Å². The molecule has 1 heterocycles. The van der Waals surface area contributed by atoms with E-state index in [4.69, 9.17) is 14.6 Å². The second-order valence-corrected chi connectivity index (χ2v) is 5.58. The summed E-state index contributed by atoms with van der Waals surface area (Å²) in [6.07, 6.45) is 2.25. The maximum Gasteiger partial charge on any atom is 0.323 e. The summed E-state index contributed by atoms with van der Waals surface area (Å²) >= 11 is 0. The third-order valence-electron chi connectivity index (χ3n) is 3.56. The average molecular weight is 361 g/mol. The summed E-state index contributed by atoms with van der Waals surface area (Å²) in [5, 5.41) is 13.4. The van der Waals surface area contributed by atoms with Gasteiger partial charge < -0.3 is 19.5 Å². The number of nitrogens with zero attached hydrogens (tertiary/aromatic N) is 3. The van der Waals surface area contributed by atoms with Crippen molar-refractivity contribution in [2.75, 3.05) is 33.4 Å². The molecule has 0 fully saturated rings. The van der Waals surface area contributed by atoms with E-state index in [1.807, 2.05) is 37.3 Å². The van der Waals surface area contributed by atoms with Crippen molar-refractivity contribution in [1.29, 1.82) is 0 Å². The molecular formula is C18H23N3O5. The lowest BCUT2D eigenvalue weighted by atomic mass is 10.3. The highest BCUT2D eigenvalue weighted by atomic mass is 16.5. The number of carbonyl (C=O) groups excluding carboxylic acids is 1. The second-order valence-electron chi connectivity index (χ2n) is 5.58. The molecule has 0 saturated heterocycles. The zero-order valence-corrected chi connectivity index (χ0v) is 14.9. The highest BCUT2D eigenvalue weighted by Gasteiger charge is 2.25. The highest BCUT2D eigenvalue weighted by Crippen LogP contribution is 2.22. The Labute approximate surface area is 151 Å². The molecule has 26 heavy (non-hydrogen) atoms. The molecule has 140 valence electrons. The van der Waals surface area contributed by atoms with Crippen molar-refractivity contribution in [3.8, 4) is 11.4 Å². The smallest absolute Gasteiger partial charge is 0.323 e. The Kier molecular flexibility index (Phi) is 7.16. The molecule has 0 spiro atoms. The number of aromatic nitrogens is 2. The minimum Gasteiger partial charge on any atom is -0.487 e. The van der Waals surface area contributed by atoms with Crippen LogP contribution in [0.3, 0.4) is 0 Å². The van der Waals surface area contributed by atoms with Gasteiger partial charge in [-0.15, -0.1) is 0 Å². The molecule has 8 heteroatoms. The van der Waals surface area contributed by atoms with Crippen LogP contribution in [-0.2, 0) is 9.53 Å². The van der Waals surface area contributed by atoms with Crippen LogP contribution in [0.5, 0.6) is 5.75 Å². The Morgan fingerprint density at radius 1 is 1.23 bits per heavy atom. The highest BCUT2D eigenvalue weighted by molar-refractivity contribution is 5.96. The molecular weight excluding hydrogens is 338 g/mol. The number of carbonyl (C=O) groups is 2. The molecule has 0 aliphatic heterocycles. The molecule has 0 atom stereocenters. The third-order valence-corrected chi connectivity index (χ3v) is 3.56. The van der Waals surface area contributed by atoms with Crippen molar-refractivity contribution in [1.82, 2.24) is 14.7 Å². The Hall–Kier alpha value is -2.87. The lowest BCUT2D eigenvalue weighted by molar-refractivity contribution is -0.137. The van der Waals surface area contributed by atoms with Crippen molar-refractivity contribution in [2.24, 2.45) is 0 Å². The minimum atomic E-state index is -1.07. The first-order valence-corrected chi connectivity index (χ1v) is 8.34. The summed E-state index contributed by atoms with van der Waals surface area (Å²) in [5.41, 5.74) is 0.850. The summed E-state index contributed by atoms with van der Waals surface area (Å²) in [6, 6.07) is 9.29. The Bertz CT molecular complexity index is 730. The number of carboxylic acid groups (broad SMARTS) is 1. The largest absolute Gasteiger partial charge is 0.487 e. The predicted molar refractivity (Wildman–Crippen MR) is 94.8 cm³/mol. The number of methoxy groups -OCH3 is 1. The van der Waals surface area contributed by atoms with Gasteiger partial charge in [-0.25, -0.2) is 4.68 Å². The average Bonchev–Trinajstić information content (AvgIpc) is 3.05. The molecule has 2 aromatic rings. The molecule has 0 bridgehead atoms. The van der Waals surface area contributed by atoms with Crippen LogP contribution in [-0.4, -0.2) is 65.1 Å². The van der Waals surface area contributed by atoms with Crippen molar-refractivity contribution in [3.63, 3.8) is 0 Å². The van der Waals surface area contributed by atoms with E-state index in [1.165, 1.54) is 4.90 Å². The number of amides is 1. The van der Waals surface area contributed by atoms with Gasteiger partial charge in [-0.05, 0) is 18.6 Å². The topological polar surface area (TPSA) is 93.9 Å². The van der Waals surface area contributed by atoms with Crippen molar-refractivity contribution in [3.05, 3.63) is 42.2 Å². The number of carboxylic acids is 1. The summed E-state index contributed by atoms with van der Waals surface area (Å²) in [7, 11) is 1.55. The number of aliphatic carboxylic acids is 1. The first kappa shape index (κ1) is 19.5. The fourth-order valence-corrected chi connectivity index (χ4v) is 2.40. The number of hydrogen-bond donors (Lipinski definition) is 1. The van der Waals surface area contributed by atoms with E-state index < -0.39 is 11.9 Å². The molecule has 2 rings (SSSR count). The lowest BCUT2D eigenvalue weighted by Crippen LogP contribution is -2.36. The maximum absolute atomic E-state index is 12.8. The van der Waals surface area contributed by atoms with Gasteiger partial charge in [-0.1, -0.05) is 25.1 Å². The van der Waals surface area contributed by atoms with Crippen molar-refractivity contribution >= 4 is 11.9 Å². The first-order chi connectivity index (χ1) is 12.6. The normalized spacial score (nSPS) is 10.5. The minimum absolute atomic E-state index is 0.0830. The van der Waals surface area contributed by atoms with Crippen LogP contribution >= 0.6 is 0 Å². The van der Waals surface area contributed by atoms with Crippen LogP contribution in [0.25, 0.3) is 5.69 Å². The standard InChI is InChI=1S/C18H23N3O5/c1-3-9-20(13-16(22)23)18(24)17-15(26-11-10-25-2)12-21(19-17)14-7-5-4-6-8-14/h4-8,12H,3,9-11,13H2,1-2H3,(H,22,23). The Balaban J connectivity index is 2.35. The number of hydrogen-bond acceptors (Lipinski definition) is 5. The summed E-state index contributed by atoms with van der Waals surface area (Å²) in [6.45, 7) is 2.42. The number of para-hydroxylation sites is 1. The SMILES string of the molecule is CCCN(CC(=O)O)C(=O)c1nn(-c2ccccc2)cc1OCCOC. The lowest BCUT2D eigenvalue weighted by Gasteiger charge is -2.19. The Morgan fingerprint density at radius 2 is 1.96 bits per heavy atom. The van der Waals surface area contributed by atoms with Crippen LogP contribution in [0.4, 0.5) is 0 Å². The van der Waals surface area contributed by atoms with Crippen LogP contribution in [0, 0.1) is 0 Å². The fourth-order valence-electron chi connectivity index (χ4n) is 2.40. The predicted octanol–water partition coefficient (Wildman–Crippen LogP) is 1.83. The van der Waals surface area contributed by atoms with Crippen LogP contribution in [0.2, 0.25) is 0 Å². The summed E-state index contributed by atoms with van der Waals surface area (Å²) in [5.74, 6) is -1.25. The van der Waals surface area contributed by atoms with E-state index in [2.05, 4.69) is 5.10 Å².